The number of aryl methyl sites for hydroxylation is 1. The molecule has 0 spiro atoms. The first-order valence-corrected chi connectivity index (χ1v) is 11.5. The van der Waals surface area contributed by atoms with Gasteiger partial charge in [0.05, 0.1) is 22.1 Å². The predicted molar refractivity (Wildman–Crippen MR) is 122 cm³/mol. The lowest BCUT2D eigenvalue weighted by Crippen LogP contribution is -2.38. The van der Waals surface area contributed by atoms with Crippen molar-refractivity contribution in [3.8, 4) is 10.6 Å². The molecule has 0 unspecified atom stereocenters. The summed E-state index contributed by atoms with van der Waals surface area (Å²) >= 11 is 3.52. The molecule has 0 atom stereocenters. The van der Waals surface area contributed by atoms with Crippen molar-refractivity contribution in [2.24, 2.45) is 4.99 Å². The SMILES string of the molecule is CCNC(=NCCN(C)CCCOC)NCCc1ccc(-c2csc(C)n2)s1. The fourth-order valence-corrected chi connectivity index (χ4v) is 4.35. The van der Waals surface area contributed by atoms with E-state index in [0.29, 0.717) is 0 Å². The Hall–Kier alpha value is -1.48. The largest absolute Gasteiger partial charge is 0.385 e. The average Bonchev–Trinajstić information content (AvgIpc) is 3.31. The van der Waals surface area contributed by atoms with Gasteiger partial charge < -0.3 is 20.3 Å². The molecule has 0 saturated heterocycles. The molecule has 2 N–H and O–H groups in total. The van der Waals surface area contributed by atoms with Gasteiger partial charge >= 0.3 is 0 Å². The van der Waals surface area contributed by atoms with Crippen molar-refractivity contribution in [2.45, 2.75) is 26.7 Å². The lowest BCUT2D eigenvalue weighted by Gasteiger charge is -2.16. The molecule has 2 heterocycles. The van der Waals surface area contributed by atoms with E-state index in [-0.39, 0.29) is 0 Å². The summed E-state index contributed by atoms with van der Waals surface area (Å²) in [5.41, 5.74) is 1.09. The summed E-state index contributed by atoms with van der Waals surface area (Å²) in [4.78, 5) is 14.2. The monoisotopic (exact) mass is 423 g/mol. The third kappa shape index (κ3) is 8.26. The van der Waals surface area contributed by atoms with Gasteiger partial charge in [0.2, 0.25) is 0 Å². The van der Waals surface area contributed by atoms with Crippen LogP contribution in [-0.4, -0.2) is 69.3 Å². The molecular formula is C20H33N5OS2. The van der Waals surface area contributed by atoms with Crippen molar-refractivity contribution in [2.75, 3.05) is 53.5 Å². The molecule has 0 saturated carbocycles. The second-order valence-corrected chi connectivity index (χ2v) is 8.84. The maximum Gasteiger partial charge on any atom is 0.191 e. The number of nitrogens with one attached hydrogen (secondary N) is 2. The van der Waals surface area contributed by atoms with Crippen LogP contribution in [0.25, 0.3) is 10.6 Å². The van der Waals surface area contributed by atoms with Crippen LogP contribution in [0.3, 0.4) is 0 Å². The Morgan fingerprint density at radius 2 is 2.14 bits per heavy atom. The van der Waals surface area contributed by atoms with E-state index in [0.717, 1.165) is 68.8 Å². The van der Waals surface area contributed by atoms with Crippen LogP contribution in [-0.2, 0) is 11.2 Å². The van der Waals surface area contributed by atoms with E-state index in [1.807, 2.05) is 18.3 Å². The van der Waals surface area contributed by atoms with Gasteiger partial charge in [-0.25, -0.2) is 4.98 Å². The van der Waals surface area contributed by atoms with Gasteiger partial charge in [0.1, 0.15) is 0 Å². The van der Waals surface area contributed by atoms with Crippen LogP contribution >= 0.6 is 22.7 Å². The number of ether oxygens (including phenoxy) is 1. The van der Waals surface area contributed by atoms with Crippen molar-refractivity contribution in [1.29, 1.82) is 0 Å². The first-order valence-electron chi connectivity index (χ1n) is 9.83. The van der Waals surface area contributed by atoms with Crippen LogP contribution in [0.1, 0.15) is 23.2 Å². The van der Waals surface area contributed by atoms with Crippen LogP contribution in [0.2, 0.25) is 0 Å². The minimum absolute atomic E-state index is 0.783. The van der Waals surface area contributed by atoms with Gasteiger partial charge in [0, 0.05) is 50.2 Å². The van der Waals surface area contributed by atoms with Gasteiger partial charge in [-0.3, -0.25) is 4.99 Å². The van der Waals surface area contributed by atoms with Gasteiger partial charge in [-0.05, 0) is 45.9 Å². The van der Waals surface area contributed by atoms with Gasteiger partial charge in [-0.2, -0.15) is 0 Å². The van der Waals surface area contributed by atoms with E-state index >= 15 is 0 Å². The number of rotatable bonds is 12. The predicted octanol–water partition coefficient (Wildman–Crippen LogP) is 3.25. The summed E-state index contributed by atoms with van der Waals surface area (Å²) in [6.07, 6.45) is 2.04. The number of guanidine groups is 1. The first-order chi connectivity index (χ1) is 13.6. The minimum atomic E-state index is 0.783. The van der Waals surface area contributed by atoms with Crippen LogP contribution in [0.5, 0.6) is 0 Å². The highest BCUT2D eigenvalue weighted by molar-refractivity contribution is 7.16. The fourth-order valence-electron chi connectivity index (χ4n) is 2.70. The smallest absolute Gasteiger partial charge is 0.191 e. The van der Waals surface area contributed by atoms with Gasteiger partial charge in [0.25, 0.3) is 0 Å². The molecule has 0 aliphatic carbocycles. The number of methoxy groups -OCH3 is 1. The fraction of sp³-hybridized carbons (Fsp3) is 0.600. The molecule has 0 aliphatic heterocycles. The number of aromatic nitrogens is 1. The molecule has 0 aromatic carbocycles. The summed E-state index contributed by atoms with van der Waals surface area (Å²) < 4.78 is 5.10. The molecule has 2 aromatic heterocycles. The highest BCUT2D eigenvalue weighted by Crippen LogP contribution is 2.29. The van der Waals surface area contributed by atoms with Crippen molar-refractivity contribution in [3.05, 3.63) is 27.4 Å². The standard InChI is InChI=1S/C20H33N5OS2/c1-5-21-20(23-11-13-25(3)12-6-14-26-4)22-10-9-17-7-8-19(28-17)18-15-27-16(2)24-18/h7-8,15H,5-6,9-14H2,1-4H3,(H2,21,22,23). The highest BCUT2D eigenvalue weighted by atomic mass is 32.1. The summed E-state index contributed by atoms with van der Waals surface area (Å²) in [6, 6.07) is 4.38. The van der Waals surface area contributed by atoms with Crippen LogP contribution in [0.15, 0.2) is 22.5 Å². The van der Waals surface area contributed by atoms with E-state index in [2.05, 4.69) is 57.0 Å². The molecule has 0 aliphatic rings. The lowest BCUT2D eigenvalue weighted by atomic mass is 10.3. The van der Waals surface area contributed by atoms with E-state index in [9.17, 15) is 0 Å². The second-order valence-electron chi connectivity index (χ2n) is 6.60. The van der Waals surface area contributed by atoms with Gasteiger partial charge in [-0.15, -0.1) is 22.7 Å². The molecule has 2 rings (SSSR count). The molecular weight excluding hydrogens is 390 g/mol. The molecule has 8 heteroatoms. The molecule has 0 radical (unpaired) electrons. The van der Waals surface area contributed by atoms with Crippen molar-refractivity contribution in [1.82, 2.24) is 20.5 Å². The molecule has 0 amide bonds. The van der Waals surface area contributed by atoms with E-state index in [4.69, 9.17) is 4.74 Å². The van der Waals surface area contributed by atoms with Gasteiger partial charge in [-0.1, -0.05) is 0 Å². The third-order valence-corrected chi connectivity index (χ3v) is 6.12. The third-order valence-electron chi connectivity index (χ3n) is 4.18. The van der Waals surface area contributed by atoms with E-state index in [1.54, 1.807) is 18.4 Å². The highest BCUT2D eigenvalue weighted by Gasteiger charge is 2.06. The Balaban J connectivity index is 1.74. The summed E-state index contributed by atoms with van der Waals surface area (Å²) in [7, 11) is 3.87. The lowest BCUT2D eigenvalue weighted by molar-refractivity contribution is 0.180. The van der Waals surface area contributed by atoms with Crippen LogP contribution in [0.4, 0.5) is 0 Å². The Morgan fingerprint density at radius 3 is 2.86 bits per heavy atom. The Morgan fingerprint density at radius 1 is 1.29 bits per heavy atom. The molecule has 28 heavy (non-hydrogen) atoms. The maximum absolute atomic E-state index is 5.10. The molecule has 0 fully saturated rings. The average molecular weight is 424 g/mol. The Labute approximate surface area is 177 Å². The molecule has 0 bridgehead atoms. The number of thiophene rings is 1. The Kier molecular flexibility index (Phi) is 10.5. The maximum atomic E-state index is 5.10. The number of thiazole rings is 1. The molecule has 6 nitrogen and oxygen atoms in total. The van der Waals surface area contributed by atoms with Crippen LogP contribution in [0, 0.1) is 6.92 Å². The van der Waals surface area contributed by atoms with E-state index < -0.39 is 0 Å². The van der Waals surface area contributed by atoms with Crippen molar-refractivity contribution >= 4 is 28.6 Å². The zero-order valence-corrected chi connectivity index (χ0v) is 19.1. The zero-order chi connectivity index (χ0) is 20.2. The minimum Gasteiger partial charge on any atom is -0.385 e. The topological polar surface area (TPSA) is 61.8 Å². The first kappa shape index (κ1) is 22.8. The molecule has 2 aromatic rings. The van der Waals surface area contributed by atoms with Crippen molar-refractivity contribution in [3.63, 3.8) is 0 Å². The number of aliphatic imine (C=N–C) groups is 1. The summed E-state index contributed by atoms with van der Waals surface area (Å²) in [6.45, 7) is 9.44. The number of hydrogen-bond donors (Lipinski definition) is 2. The summed E-state index contributed by atoms with van der Waals surface area (Å²) in [5.74, 6) is 0.889. The summed E-state index contributed by atoms with van der Waals surface area (Å²) in [5, 5.41) is 10.0. The number of likely N-dealkylation sites (N-methyl/N-ethyl adjacent to an activating group) is 1. The quantitative estimate of drug-likeness (QED) is 0.312. The normalized spacial score (nSPS) is 12.0. The Bertz CT molecular complexity index is 713. The van der Waals surface area contributed by atoms with Crippen LogP contribution < -0.4 is 10.6 Å². The molecule has 156 valence electrons. The zero-order valence-electron chi connectivity index (χ0n) is 17.5. The number of nitrogens with zero attached hydrogens (tertiary/aromatic N) is 3. The number of hydrogen-bond acceptors (Lipinski definition) is 6. The second kappa shape index (κ2) is 12.9. The van der Waals surface area contributed by atoms with E-state index in [1.165, 1.54) is 9.75 Å². The van der Waals surface area contributed by atoms with Gasteiger partial charge in [0.15, 0.2) is 5.96 Å². The van der Waals surface area contributed by atoms with Crippen molar-refractivity contribution < 1.29 is 4.74 Å².